The van der Waals surface area contributed by atoms with Crippen molar-refractivity contribution in [3.8, 4) is 5.75 Å². The third-order valence-electron chi connectivity index (χ3n) is 7.05. The number of aliphatic carboxylic acids is 1. The number of aromatic nitrogens is 1. The van der Waals surface area contributed by atoms with Crippen LogP contribution in [0.1, 0.15) is 31.4 Å². The van der Waals surface area contributed by atoms with Crippen LogP contribution in [0, 0.1) is 5.92 Å². The predicted molar refractivity (Wildman–Crippen MR) is 152 cm³/mol. The fourth-order valence-corrected chi connectivity index (χ4v) is 4.39. The topological polar surface area (TPSA) is 207 Å². The summed E-state index contributed by atoms with van der Waals surface area (Å²) in [5.41, 5.74) is 8.21. The number of carbonyl (C=O) groups excluding carboxylic acids is 3. The van der Waals surface area contributed by atoms with E-state index in [1.165, 1.54) is 12.1 Å². The minimum absolute atomic E-state index is 0.0144. The van der Waals surface area contributed by atoms with Gasteiger partial charge in [0.05, 0.1) is 12.6 Å². The second-order valence-electron chi connectivity index (χ2n) is 10.1. The molecule has 0 radical (unpaired) electrons. The molecule has 5 unspecified atom stereocenters. The minimum atomic E-state index is -1.39. The van der Waals surface area contributed by atoms with Crippen molar-refractivity contribution >= 4 is 34.6 Å². The van der Waals surface area contributed by atoms with Crippen molar-refractivity contribution < 1.29 is 34.5 Å². The van der Waals surface area contributed by atoms with Crippen LogP contribution >= 0.6 is 0 Å². The molecular weight excluding hydrogens is 530 g/mol. The predicted octanol–water partition coefficient (Wildman–Crippen LogP) is 0.563. The number of aromatic hydroxyl groups is 1. The Hall–Kier alpha value is -4.42. The molecule has 0 saturated carbocycles. The number of H-pyrrole nitrogens is 1. The summed E-state index contributed by atoms with van der Waals surface area (Å²) in [5.74, 6) is -3.78. The van der Waals surface area contributed by atoms with Gasteiger partial charge in [-0.2, -0.15) is 0 Å². The molecule has 9 N–H and O–H groups in total. The van der Waals surface area contributed by atoms with Gasteiger partial charge in [0.2, 0.25) is 17.7 Å². The van der Waals surface area contributed by atoms with Crippen LogP contribution in [0.2, 0.25) is 0 Å². The van der Waals surface area contributed by atoms with E-state index in [4.69, 9.17) is 5.73 Å². The maximum Gasteiger partial charge on any atom is 0.326 e. The molecule has 12 heteroatoms. The molecule has 0 spiro atoms. The van der Waals surface area contributed by atoms with Gasteiger partial charge in [-0.3, -0.25) is 14.4 Å². The Morgan fingerprint density at radius 3 is 2.20 bits per heavy atom. The zero-order valence-corrected chi connectivity index (χ0v) is 23.0. The molecule has 5 atom stereocenters. The number of nitrogens with one attached hydrogen (secondary N) is 4. The summed E-state index contributed by atoms with van der Waals surface area (Å²) in [4.78, 5) is 54.1. The summed E-state index contributed by atoms with van der Waals surface area (Å²) in [7, 11) is 0. The summed E-state index contributed by atoms with van der Waals surface area (Å²) in [6.07, 6.45) is 2.31. The van der Waals surface area contributed by atoms with Crippen molar-refractivity contribution in [3.05, 3.63) is 65.9 Å². The summed E-state index contributed by atoms with van der Waals surface area (Å²) in [6.45, 7) is 2.78. The van der Waals surface area contributed by atoms with E-state index >= 15 is 0 Å². The van der Waals surface area contributed by atoms with Crippen molar-refractivity contribution in [2.75, 3.05) is 6.61 Å². The molecule has 0 fully saturated rings. The molecule has 12 nitrogen and oxygen atoms in total. The van der Waals surface area contributed by atoms with Gasteiger partial charge in [0.25, 0.3) is 0 Å². The van der Waals surface area contributed by atoms with Crippen molar-refractivity contribution in [3.63, 3.8) is 0 Å². The molecule has 0 aliphatic heterocycles. The smallest absolute Gasteiger partial charge is 0.326 e. The number of rotatable bonds is 14. The Morgan fingerprint density at radius 2 is 1.56 bits per heavy atom. The molecule has 0 saturated heterocycles. The number of para-hydroxylation sites is 1. The average molecular weight is 568 g/mol. The fraction of sp³-hybridized carbons (Fsp3) is 0.379. The van der Waals surface area contributed by atoms with Crippen LogP contribution in [0.4, 0.5) is 0 Å². The molecule has 0 bridgehead atoms. The van der Waals surface area contributed by atoms with Gasteiger partial charge in [-0.1, -0.05) is 50.6 Å². The Morgan fingerprint density at radius 1 is 0.902 bits per heavy atom. The number of aliphatic hydroxyl groups excluding tert-OH is 1. The lowest BCUT2D eigenvalue weighted by Crippen LogP contribution is -2.59. The van der Waals surface area contributed by atoms with Crippen LogP contribution in [0.25, 0.3) is 10.9 Å². The molecule has 1 heterocycles. The van der Waals surface area contributed by atoms with Gasteiger partial charge in [0, 0.05) is 23.5 Å². The summed E-state index contributed by atoms with van der Waals surface area (Å²) in [6, 6.07) is 8.69. The Balaban J connectivity index is 1.66. The number of phenolic OH excluding ortho intramolecular Hbond substituents is 1. The van der Waals surface area contributed by atoms with Gasteiger partial charge < -0.3 is 42.0 Å². The van der Waals surface area contributed by atoms with Gasteiger partial charge >= 0.3 is 5.97 Å². The van der Waals surface area contributed by atoms with E-state index in [9.17, 15) is 34.5 Å². The van der Waals surface area contributed by atoms with E-state index in [-0.39, 0.29) is 18.6 Å². The van der Waals surface area contributed by atoms with E-state index in [2.05, 4.69) is 20.9 Å². The third-order valence-corrected chi connectivity index (χ3v) is 7.05. The number of hydrogen-bond acceptors (Lipinski definition) is 7. The normalized spacial score (nSPS) is 14.8. The molecule has 3 amide bonds. The highest BCUT2D eigenvalue weighted by atomic mass is 16.4. The first kappa shape index (κ1) is 31.1. The molecule has 2 aromatic carbocycles. The maximum absolute atomic E-state index is 13.3. The molecule has 1 aromatic heterocycles. The lowest BCUT2D eigenvalue weighted by molar-refractivity contribution is -0.142. The lowest BCUT2D eigenvalue weighted by Gasteiger charge is -2.27. The molecular formula is C29H37N5O7. The van der Waals surface area contributed by atoms with Crippen molar-refractivity contribution in [2.24, 2.45) is 11.7 Å². The molecule has 3 aromatic rings. The zero-order chi connectivity index (χ0) is 30.1. The van der Waals surface area contributed by atoms with Crippen molar-refractivity contribution in [1.29, 1.82) is 0 Å². The van der Waals surface area contributed by atoms with Crippen molar-refractivity contribution in [1.82, 2.24) is 20.9 Å². The van der Waals surface area contributed by atoms with Gasteiger partial charge in [0.1, 0.15) is 23.9 Å². The first-order chi connectivity index (χ1) is 19.5. The first-order valence-corrected chi connectivity index (χ1v) is 13.4. The van der Waals surface area contributed by atoms with E-state index in [1.54, 1.807) is 25.3 Å². The largest absolute Gasteiger partial charge is 0.508 e. The third kappa shape index (κ3) is 8.29. The monoisotopic (exact) mass is 567 g/mol. The van der Waals surface area contributed by atoms with Crippen LogP contribution in [0.15, 0.2) is 54.7 Å². The second kappa shape index (κ2) is 14.3. The number of carboxylic acid groups (broad SMARTS) is 1. The summed E-state index contributed by atoms with van der Waals surface area (Å²) < 4.78 is 0. The standard InChI is InChI=1S/C29H37N5O7/c1-3-16(2)25(28(39)32-23(29(40)41)13-18-14-31-22-7-5-4-6-20(18)22)34-27(38)24(15-35)33-26(37)21(30)12-17-8-10-19(36)11-9-17/h4-11,14,16,21,23-25,31,35-36H,3,12-13,15,30H2,1-2H3,(H,32,39)(H,33,37)(H,34,38)(H,40,41). The average Bonchev–Trinajstić information content (AvgIpc) is 3.37. The first-order valence-electron chi connectivity index (χ1n) is 13.4. The number of benzene rings is 2. The SMILES string of the molecule is CCC(C)C(NC(=O)C(CO)NC(=O)C(N)Cc1ccc(O)cc1)C(=O)NC(Cc1c[nH]c2ccccc12)C(=O)O. The van der Waals surface area contributed by atoms with Gasteiger partial charge in [0.15, 0.2) is 0 Å². The Bertz CT molecular complexity index is 1360. The summed E-state index contributed by atoms with van der Waals surface area (Å²) >= 11 is 0. The number of carboxylic acids is 1. The highest BCUT2D eigenvalue weighted by Gasteiger charge is 2.33. The van der Waals surface area contributed by atoms with E-state index in [0.717, 1.165) is 10.9 Å². The minimum Gasteiger partial charge on any atom is -0.508 e. The number of nitrogens with two attached hydrogens (primary N) is 1. The van der Waals surface area contributed by atoms with E-state index in [1.807, 2.05) is 31.2 Å². The molecule has 0 aliphatic carbocycles. The van der Waals surface area contributed by atoms with Crippen LogP contribution in [-0.4, -0.2) is 74.8 Å². The Labute approximate surface area is 237 Å². The van der Waals surface area contributed by atoms with Gasteiger partial charge in [-0.05, 0) is 41.7 Å². The van der Waals surface area contributed by atoms with Crippen LogP contribution in [-0.2, 0) is 32.0 Å². The number of hydrogen-bond donors (Lipinski definition) is 8. The number of phenols is 1. The highest BCUT2D eigenvalue weighted by Crippen LogP contribution is 2.19. The number of aliphatic hydroxyl groups is 1. The fourth-order valence-electron chi connectivity index (χ4n) is 4.39. The number of carbonyl (C=O) groups is 4. The zero-order valence-electron chi connectivity index (χ0n) is 23.0. The Kier molecular flexibility index (Phi) is 10.8. The number of fused-ring (bicyclic) bond motifs is 1. The highest BCUT2D eigenvalue weighted by molar-refractivity contribution is 5.94. The molecule has 0 aliphatic rings. The van der Waals surface area contributed by atoms with E-state index < -0.39 is 60.4 Å². The maximum atomic E-state index is 13.3. The molecule has 3 rings (SSSR count). The number of aromatic amines is 1. The van der Waals surface area contributed by atoms with Crippen LogP contribution < -0.4 is 21.7 Å². The summed E-state index contributed by atoms with van der Waals surface area (Å²) in [5, 5.41) is 37.4. The van der Waals surface area contributed by atoms with Gasteiger partial charge in [-0.15, -0.1) is 0 Å². The lowest BCUT2D eigenvalue weighted by atomic mass is 9.97. The van der Waals surface area contributed by atoms with Crippen molar-refractivity contribution in [2.45, 2.75) is 57.3 Å². The second-order valence-corrected chi connectivity index (χ2v) is 10.1. The number of amides is 3. The van der Waals surface area contributed by atoms with Crippen LogP contribution in [0.3, 0.4) is 0 Å². The quantitative estimate of drug-likeness (QED) is 0.138. The molecule has 220 valence electrons. The van der Waals surface area contributed by atoms with Gasteiger partial charge in [-0.25, -0.2) is 4.79 Å². The van der Waals surface area contributed by atoms with E-state index in [0.29, 0.717) is 17.5 Å². The molecule has 41 heavy (non-hydrogen) atoms. The van der Waals surface area contributed by atoms with Crippen LogP contribution in [0.5, 0.6) is 5.75 Å².